The van der Waals surface area contributed by atoms with Crippen LogP contribution in [0.25, 0.3) is 0 Å². The molecule has 0 radical (unpaired) electrons. The zero-order valence-corrected chi connectivity index (χ0v) is 10.0. The molecule has 1 heterocycles. The van der Waals surface area contributed by atoms with Gasteiger partial charge in [0.2, 0.25) is 0 Å². The highest BCUT2D eigenvalue weighted by molar-refractivity contribution is 14.1. The fraction of sp³-hybridized carbons (Fsp3) is 0.333. The molecular formula is C9H12IN3O. The average Bonchev–Trinajstić information content (AvgIpc) is 2.19. The standard InChI is InChI=1S/C9H12IN3O/c1-2-3-4-5-11-8-7(10)9(14)13-6-12-8/h2-3,6H,4-5H2,1H3,(H2,11,12,13,14)/b3-2+. The van der Waals surface area contributed by atoms with Crippen LogP contribution < -0.4 is 10.9 Å². The van der Waals surface area contributed by atoms with Gasteiger partial charge >= 0.3 is 0 Å². The van der Waals surface area contributed by atoms with Crippen molar-refractivity contribution >= 4 is 28.4 Å². The molecule has 1 aromatic heterocycles. The van der Waals surface area contributed by atoms with Gasteiger partial charge in [0.1, 0.15) is 9.39 Å². The van der Waals surface area contributed by atoms with Gasteiger partial charge in [0.15, 0.2) is 0 Å². The van der Waals surface area contributed by atoms with Gasteiger partial charge in [-0.15, -0.1) is 0 Å². The Kier molecular flexibility index (Phi) is 4.64. The third-order valence-electron chi connectivity index (χ3n) is 1.64. The second-order valence-corrected chi connectivity index (χ2v) is 3.76. The quantitative estimate of drug-likeness (QED) is 0.506. The molecule has 0 atom stereocenters. The van der Waals surface area contributed by atoms with E-state index in [-0.39, 0.29) is 5.56 Å². The second kappa shape index (κ2) is 5.79. The van der Waals surface area contributed by atoms with Crippen LogP contribution in [0.5, 0.6) is 0 Å². The van der Waals surface area contributed by atoms with Gasteiger partial charge in [-0.2, -0.15) is 0 Å². The first-order valence-electron chi connectivity index (χ1n) is 4.34. The molecule has 14 heavy (non-hydrogen) atoms. The van der Waals surface area contributed by atoms with Crippen molar-refractivity contribution in [1.29, 1.82) is 0 Å². The van der Waals surface area contributed by atoms with E-state index in [4.69, 9.17) is 0 Å². The van der Waals surface area contributed by atoms with Crippen LogP contribution in [-0.4, -0.2) is 16.5 Å². The summed E-state index contributed by atoms with van der Waals surface area (Å²) in [7, 11) is 0. The molecule has 0 saturated heterocycles. The largest absolute Gasteiger partial charge is 0.369 e. The van der Waals surface area contributed by atoms with E-state index in [1.807, 2.05) is 35.6 Å². The smallest absolute Gasteiger partial charge is 0.266 e. The number of halogens is 1. The average molecular weight is 305 g/mol. The molecule has 0 aliphatic rings. The van der Waals surface area contributed by atoms with E-state index in [1.165, 1.54) is 6.33 Å². The molecule has 0 unspecified atom stereocenters. The monoisotopic (exact) mass is 305 g/mol. The maximum atomic E-state index is 11.2. The Morgan fingerprint density at radius 1 is 1.71 bits per heavy atom. The summed E-state index contributed by atoms with van der Waals surface area (Å²) in [6.45, 7) is 2.77. The van der Waals surface area contributed by atoms with Gasteiger partial charge < -0.3 is 10.3 Å². The third-order valence-corrected chi connectivity index (χ3v) is 2.64. The minimum absolute atomic E-state index is 0.103. The van der Waals surface area contributed by atoms with Crippen LogP contribution >= 0.6 is 22.6 Å². The van der Waals surface area contributed by atoms with Gasteiger partial charge in [-0.1, -0.05) is 12.2 Å². The van der Waals surface area contributed by atoms with Crippen molar-refractivity contribution in [2.75, 3.05) is 11.9 Å². The Hall–Kier alpha value is -0.850. The molecule has 0 saturated carbocycles. The molecular weight excluding hydrogens is 293 g/mol. The molecule has 5 heteroatoms. The Balaban J connectivity index is 2.59. The lowest BCUT2D eigenvalue weighted by Gasteiger charge is -2.03. The number of hydrogen-bond acceptors (Lipinski definition) is 3. The number of hydrogen-bond donors (Lipinski definition) is 2. The van der Waals surface area contributed by atoms with Gasteiger partial charge in [0, 0.05) is 6.54 Å². The van der Waals surface area contributed by atoms with E-state index in [0.29, 0.717) is 9.39 Å². The van der Waals surface area contributed by atoms with Gasteiger partial charge in [-0.3, -0.25) is 4.79 Å². The van der Waals surface area contributed by atoms with E-state index in [2.05, 4.69) is 21.4 Å². The Morgan fingerprint density at radius 3 is 3.21 bits per heavy atom. The van der Waals surface area contributed by atoms with Gasteiger partial charge in [0.25, 0.3) is 5.56 Å². The maximum absolute atomic E-state index is 11.2. The van der Waals surface area contributed by atoms with E-state index in [1.54, 1.807) is 0 Å². The normalized spacial score (nSPS) is 10.7. The van der Waals surface area contributed by atoms with Crippen molar-refractivity contribution in [3.8, 4) is 0 Å². The van der Waals surface area contributed by atoms with Gasteiger partial charge in [0.05, 0.1) is 6.33 Å². The highest BCUT2D eigenvalue weighted by Crippen LogP contribution is 2.08. The van der Waals surface area contributed by atoms with Gasteiger partial charge in [-0.25, -0.2) is 4.98 Å². The summed E-state index contributed by atoms with van der Waals surface area (Å²) in [4.78, 5) is 17.7. The lowest BCUT2D eigenvalue weighted by molar-refractivity contribution is 1.01. The SMILES string of the molecule is C/C=C/CCNc1nc[nH]c(=O)c1I. The fourth-order valence-electron chi connectivity index (χ4n) is 0.947. The predicted octanol–water partition coefficient (Wildman–Crippen LogP) is 1.75. The number of aromatic nitrogens is 2. The van der Waals surface area contributed by atoms with Crippen molar-refractivity contribution < 1.29 is 0 Å². The summed E-state index contributed by atoms with van der Waals surface area (Å²) >= 11 is 1.98. The minimum Gasteiger partial charge on any atom is -0.369 e. The number of rotatable bonds is 4. The lowest BCUT2D eigenvalue weighted by atomic mass is 10.4. The van der Waals surface area contributed by atoms with Crippen molar-refractivity contribution in [3.63, 3.8) is 0 Å². The fourth-order valence-corrected chi connectivity index (χ4v) is 1.43. The number of nitrogens with zero attached hydrogens (tertiary/aromatic N) is 1. The summed E-state index contributed by atoms with van der Waals surface area (Å²) < 4.78 is 0.602. The Labute approximate surface area is 96.0 Å². The van der Waals surface area contributed by atoms with Crippen molar-refractivity contribution in [3.05, 3.63) is 32.4 Å². The highest BCUT2D eigenvalue weighted by atomic mass is 127. The van der Waals surface area contributed by atoms with Crippen molar-refractivity contribution in [2.45, 2.75) is 13.3 Å². The molecule has 1 aromatic rings. The molecule has 0 amide bonds. The van der Waals surface area contributed by atoms with Crippen molar-refractivity contribution in [1.82, 2.24) is 9.97 Å². The topological polar surface area (TPSA) is 57.8 Å². The number of H-pyrrole nitrogens is 1. The predicted molar refractivity (Wildman–Crippen MR) is 65.5 cm³/mol. The summed E-state index contributed by atoms with van der Waals surface area (Å²) in [5.41, 5.74) is -0.103. The van der Waals surface area contributed by atoms with Crippen LogP contribution in [0, 0.1) is 3.57 Å². The molecule has 0 aliphatic carbocycles. The molecule has 0 aliphatic heterocycles. The second-order valence-electron chi connectivity index (χ2n) is 2.68. The molecule has 0 fully saturated rings. The molecule has 0 aromatic carbocycles. The van der Waals surface area contributed by atoms with E-state index >= 15 is 0 Å². The molecule has 0 bridgehead atoms. The lowest BCUT2D eigenvalue weighted by Crippen LogP contribution is -2.15. The summed E-state index contributed by atoms with van der Waals surface area (Å²) in [5, 5.41) is 3.10. The molecule has 76 valence electrons. The van der Waals surface area contributed by atoms with Crippen molar-refractivity contribution in [2.24, 2.45) is 0 Å². The maximum Gasteiger partial charge on any atom is 0.266 e. The highest BCUT2D eigenvalue weighted by Gasteiger charge is 2.02. The molecule has 0 spiro atoms. The van der Waals surface area contributed by atoms with E-state index in [0.717, 1.165) is 13.0 Å². The molecule has 2 N–H and O–H groups in total. The zero-order valence-electron chi connectivity index (χ0n) is 7.88. The first-order chi connectivity index (χ1) is 6.75. The molecule has 4 nitrogen and oxygen atoms in total. The number of nitrogens with one attached hydrogen (secondary N) is 2. The number of allylic oxidation sites excluding steroid dienone is 1. The summed E-state index contributed by atoms with van der Waals surface area (Å²) in [6, 6.07) is 0. The number of anilines is 1. The van der Waals surface area contributed by atoms with Crippen LogP contribution in [0.15, 0.2) is 23.3 Å². The third kappa shape index (κ3) is 3.13. The van der Waals surface area contributed by atoms with E-state index in [9.17, 15) is 4.79 Å². The van der Waals surface area contributed by atoms with Crippen LogP contribution in [0.1, 0.15) is 13.3 Å². The molecule has 1 rings (SSSR count). The van der Waals surface area contributed by atoms with Crippen LogP contribution in [0.4, 0.5) is 5.82 Å². The van der Waals surface area contributed by atoms with Gasteiger partial charge in [-0.05, 0) is 35.9 Å². The van der Waals surface area contributed by atoms with E-state index < -0.39 is 0 Å². The Bertz CT molecular complexity index is 373. The number of aromatic amines is 1. The first-order valence-corrected chi connectivity index (χ1v) is 5.41. The van der Waals surface area contributed by atoms with Crippen LogP contribution in [0.3, 0.4) is 0 Å². The Morgan fingerprint density at radius 2 is 2.50 bits per heavy atom. The summed E-state index contributed by atoms with van der Waals surface area (Å²) in [6.07, 6.45) is 6.40. The first kappa shape index (κ1) is 11.2. The van der Waals surface area contributed by atoms with Crippen LogP contribution in [0.2, 0.25) is 0 Å². The van der Waals surface area contributed by atoms with Crippen LogP contribution in [-0.2, 0) is 0 Å². The summed E-state index contributed by atoms with van der Waals surface area (Å²) in [5.74, 6) is 0.652. The minimum atomic E-state index is -0.103. The zero-order chi connectivity index (χ0) is 10.4.